The quantitative estimate of drug-likeness (QED) is 0.197. The third kappa shape index (κ3) is 5.56. The molecular formula is C34H43N3. The van der Waals surface area contributed by atoms with Crippen molar-refractivity contribution in [1.82, 2.24) is 14.8 Å². The van der Waals surface area contributed by atoms with Gasteiger partial charge in [-0.1, -0.05) is 115 Å². The molecule has 3 heteroatoms. The molecule has 0 amide bonds. The zero-order valence-electron chi connectivity index (χ0n) is 23.4. The van der Waals surface area contributed by atoms with Crippen LogP contribution in [0.4, 0.5) is 0 Å². The number of benzene rings is 3. The van der Waals surface area contributed by atoms with Crippen molar-refractivity contribution in [3.8, 4) is 28.2 Å². The van der Waals surface area contributed by atoms with Crippen LogP contribution >= 0.6 is 0 Å². The van der Waals surface area contributed by atoms with Crippen LogP contribution in [0, 0.1) is 0 Å². The summed E-state index contributed by atoms with van der Waals surface area (Å²) in [5.41, 5.74) is 7.52. The highest BCUT2D eigenvalue weighted by Crippen LogP contribution is 2.41. The molecule has 37 heavy (non-hydrogen) atoms. The van der Waals surface area contributed by atoms with Crippen LogP contribution in [0.5, 0.6) is 0 Å². The second kappa shape index (κ2) is 12.4. The highest BCUT2D eigenvalue weighted by Gasteiger charge is 2.36. The summed E-state index contributed by atoms with van der Waals surface area (Å²) in [6.07, 6.45) is 8.83. The van der Waals surface area contributed by atoms with Gasteiger partial charge in [0, 0.05) is 11.0 Å². The van der Waals surface area contributed by atoms with Crippen LogP contribution in [0.3, 0.4) is 0 Å². The Labute approximate surface area is 224 Å². The number of nitrogens with zero attached hydrogens (tertiary/aromatic N) is 3. The van der Waals surface area contributed by atoms with Gasteiger partial charge in [0.1, 0.15) is 5.82 Å². The molecule has 0 spiro atoms. The monoisotopic (exact) mass is 493 g/mol. The van der Waals surface area contributed by atoms with Gasteiger partial charge in [-0.15, -0.1) is 10.2 Å². The molecule has 0 atom stereocenters. The van der Waals surface area contributed by atoms with Gasteiger partial charge in [-0.05, 0) is 66.5 Å². The Hall–Kier alpha value is -3.20. The minimum absolute atomic E-state index is 0.0228. The van der Waals surface area contributed by atoms with E-state index in [-0.39, 0.29) is 5.41 Å². The van der Waals surface area contributed by atoms with Gasteiger partial charge in [0.2, 0.25) is 0 Å². The Kier molecular flexibility index (Phi) is 8.97. The predicted octanol–water partition coefficient (Wildman–Crippen LogP) is 9.36. The molecule has 0 saturated carbocycles. The van der Waals surface area contributed by atoms with E-state index in [1.807, 2.05) is 0 Å². The molecule has 0 N–H and O–H groups in total. The fourth-order valence-corrected chi connectivity index (χ4v) is 6.02. The summed E-state index contributed by atoms with van der Waals surface area (Å²) in [5.74, 6) is 2.08. The Morgan fingerprint density at radius 2 is 1.27 bits per heavy atom. The van der Waals surface area contributed by atoms with Gasteiger partial charge >= 0.3 is 0 Å². The van der Waals surface area contributed by atoms with E-state index in [0.717, 1.165) is 68.6 Å². The van der Waals surface area contributed by atoms with Crippen LogP contribution in [-0.2, 0) is 18.3 Å². The van der Waals surface area contributed by atoms with Crippen molar-refractivity contribution in [1.29, 1.82) is 0 Å². The molecule has 4 rings (SSSR count). The van der Waals surface area contributed by atoms with Crippen molar-refractivity contribution < 1.29 is 0 Å². The van der Waals surface area contributed by atoms with Crippen LogP contribution < -0.4 is 0 Å². The zero-order valence-corrected chi connectivity index (χ0v) is 23.4. The lowest BCUT2D eigenvalue weighted by molar-refractivity contribution is 0.304. The van der Waals surface area contributed by atoms with Crippen molar-refractivity contribution in [3.05, 3.63) is 89.7 Å². The lowest BCUT2D eigenvalue weighted by atomic mass is 9.74. The first-order valence-electron chi connectivity index (χ1n) is 14.3. The Balaban J connectivity index is 1.99. The summed E-state index contributed by atoms with van der Waals surface area (Å²) >= 11 is 0. The molecule has 4 aromatic rings. The molecule has 194 valence electrons. The van der Waals surface area contributed by atoms with Gasteiger partial charge in [-0.2, -0.15) is 0 Å². The van der Waals surface area contributed by atoms with Crippen LogP contribution in [-0.4, -0.2) is 14.8 Å². The van der Waals surface area contributed by atoms with Gasteiger partial charge in [-0.25, -0.2) is 0 Å². The van der Waals surface area contributed by atoms with Crippen LogP contribution in [0.1, 0.15) is 90.1 Å². The molecular weight excluding hydrogens is 450 g/mol. The summed E-state index contributed by atoms with van der Waals surface area (Å²) in [6.45, 7) is 11.4. The van der Waals surface area contributed by atoms with Gasteiger partial charge in [0.05, 0.1) is 5.69 Å². The molecule has 0 fully saturated rings. The van der Waals surface area contributed by atoms with Gasteiger partial charge in [0.15, 0.2) is 5.82 Å². The molecule has 1 aromatic heterocycles. The molecule has 0 saturated heterocycles. The Morgan fingerprint density at radius 1 is 0.622 bits per heavy atom. The van der Waals surface area contributed by atoms with E-state index < -0.39 is 0 Å². The third-order valence-electron chi connectivity index (χ3n) is 7.72. The SMILES string of the molecule is CCCC(CCC)(CCC)c1nnc(-c2cccc(-c3ccccc3)c2)n1-c1ccc(CC)cc1CC. The average Bonchev–Trinajstić information content (AvgIpc) is 3.39. The van der Waals surface area contributed by atoms with Gasteiger partial charge in [0.25, 0.3) is 0 Å². The van der Waals surface area contributed by atoms with Crippen molar-refractivity contribution in [2.24, 2.45) is 0 Å². The van der Waals surface area contributed by atoms with E-state index in [0.29, 0.717) is 0 Å². The topological polar surface area (TPSA) is 30.7 Å². The number of hydrogen-bond donors (Lipinski definition) is 0. The molecule has 0 aliphatic rings. The lowest BCUT2D eigenvalue weighted by Gasteiger charge is -2.33. The zero-order chi connectivity index (χ0) is 26.3. The predicted molar refractivity (Wildman–Crippen MR) is 157 cm³/mol. The first-order valence-corrected chi connectivity index (χ1v) is 14.3. The third-order valence-corrected chi connectivity index (χ3v) is 7.72. The number of aromatic nitrogens is 3. The van der Waals surface area contributed by atoms with Crippen molar-refractivity contribution in [2.75, 3.05) is 0 Å². The average molecular weight is 494 g/mol. The second-order valence-corrected chi connectivity index (χ2v) is 10.3. The minimum atomic E-state index is 0.0228. The summed E-state index contributed by atoms with van der Waals surface area (Å²) in [7, 11) is 0. The molecule has 0 aliphatic carbocycles. The maximum absolute atomic E-state index is 5.03. The van der Waals surface area contributed by atoms with Gasteiger partial charge in [-0.3, -0.25) is 4.57 Å². The van der Waals surface area contributed by atoms with E-state index in [4.69, 9.17) is 10.2 Å². The first kappa shape index (κ1) is 26.9. The van der Waals surface area contributed by atoms with E-state index in [1.54, 1.807) is 0 Å². The smallest absolute Gasteiger partial charge is 0.168 e. The fourth-order valence-electron chi connectivity index (χ4n) is 6.02. The molecule has 3 aromatic carbocycles. The molecule has 0 unspecified atom stereocenters. The molecule has 3 nitrogen and oxygen atoms in total. The van der Waals surface area contributed by atoms with Gasteiger partial charge < -0.3 is 0 Å². The maximum Gasteiger partial charge on any atom is 0.168 e. The summed E-state index contributed by atoms with van der Waals surface area (Å²) in [5, 5.41) is 9.97. The summed E-state index contributed by atoms with van der Waals surface area (Å²) in [6, 6.07) is 26.4. The Morgan fingerprint density at radius 3 is 1.89 bits per heavy atom. The molecule has 1 heterocycles. The summed E-state index contributed by atoms with van der Waals surface area (Å²) < 4.78 is 2.42. The van der Waals surface area contributed by atoms with Crippen LogP contribution in [0.2, 0.25) is 0 Å². The second-order valence-electron chi connectivity index (χ2n) is 10.3. The maximum atomic E-state index is 5.03. The van der Waals surface area contributed by atoms with Crippen LogP contribution in [0.25, 0.3) is 28.2 Å². The van der Waals surface area contributed by atoms with Crippen LogP contribution in [0.15, 0.2) is 72.8 Å². The van der Waals surface area contributed by atoms with E-state index in [1.165, 1.54) is 27.9 Å². The Bertz CT molecular complexity index is 1270. The van der Waals surface area contributed by atoms with Crippen molar-refractivity contribution in [3.63, 3.8) is 0 Å². The van der Waals surface area contributed by atoms with E-state index in [2.05, 4.69) is 112 Å². The normalized spacial score (nSPS) is 11.7. The van der Waals surface area contributed by atoms with Crippen molar-refractivity contribution in [2.45, 2.75) is 91.4 Å². The highest BCUT2D eigenvalue weighted by atomic mass is 15.3. The first-order chi connectivity index (χ1) is 18.1. The van der Waals surface area contributed by atoms with E-state index >= 15 is 0 Å². The molecule has 0 radical (unpaired) electrons. The molecule has 0 aliphatic heterocycles. The lowest BCUT2D eigenvalue weighted by Crippen LogP contribution is -2.30. The number of hydrogen-bond acceptors (Lipinski definition) is 2. The fraction of sp³-hybridized carbons (Fsp3) is 0.412. The minimum Gasteiger partial charge on any atom is -0.278 e. The highest BCUT2D eigenvalue weighted by molar-refractivity contribution is 5.71. The molecule has 0 bridgehead atoms. The summed E-state index contributed by atoms with van der Waals surface area (Å²) in [4.78, 5) is 0. The standard InChI is InChI=1S/C34H43N3/c1-6-21-34(22-7-2,23-8-3)33-36-35-32(37(33)31-20-19-26(9-4)24-27(31)10-5)30-18-14-17-29(25-30)28-15-12-11-13-16-28/h11-20,24-25H,6-10,21-23H2,1-5H3. The van der Waals surface area contributed by atoms with Crippen molar-refractivity contribution >= 4 is 0 Å². The number of aryl methyl sites for hydroxylation is 2. The number of rotatable bonds is 12. The van der Waals surface area contributed by atoms with E-state index in [9.17, 15) is 0 Å². The largest absolute Gasteiger partial charge is 0.278 e.